The third-order valence-corrected chi connectivity index (χ3v) is 2.74. The van der Waals surface area contributed by atoms with Crippen molar-refractivity contribution in [3.63, 3.8) is 0 Å². The molecule has 1 saturated heterocycles. The average molecular weight is 212 g/mol. The summed E-state index contributed by atoms with van der Waals surface area (Å²) in [7, 11) is 0. The Kier molecular flexibility index (Phi) is 7.37. The predicted octanol–water partition coefficient (Wildman–Crippen LogP) is 2.02. The second-order valence-corrected chi connectivity index (χ2v) is 4.03. The van der Waals surface area contributed by atoms with E-state index in [4.69, 9.17) is 5.26 Å². The zero-order chi connectivity index (χ0) is 11.8. The van der Waals surface area contributed by atoms with E-state index in [-0.39, 0.29) is 5.92 Å². The minimum absolute atomic E-state index is 0.163. The second kappa shape index (κ2) is 7.67. The minimum Gasteiger partial charge on any atom is -0.390 e. The molecule has 1 aliphatic heterocycles. The predicted molar refractivity (Wildman–Crippen MR) is 62.4 cm³/mol. The fourth-order valence-corrected chi connectivity index (χ4v) is 1.79. The Morgan fingerprint density at radius 2 is 2.00 bits per heavy atom. The lowest BCUT2D eigenvalue weighted by Gasteiger charge is -2.26. The third-order valence-electron chi connectivity index (χ3n) is 2.74. The molecule has 0 bridgehead atoms. The highest BCUT2D eigenvalue weighted by Crippen LogP contribution is 2.18. The molecule has 2 atom stereocenters. The maximum Gasteiger partial charge on any atom is 0.0825 e. The standard InChI is InChI=1S/C10H18N2O.C2H6/c1-8(2)12-5-3-4-9(6-11)10(13)7-12;1-2/h8-10,13H,3-5,7H2,1-2H3;1-2H3. The molecule has 1 fully saturated rings. The summed E-state index contributed by atoms with van der Waals surface area (Å²) in [6, 6.07) is 2.64. The number of rotatable bonds is 1. The van der Waals surface area contributed by atoms with Crippen molar-refractivity contribution in [1.29, 1.82) is 5.26 Å². The second-order valence-electron chi connectivity index (χ2n) is 4.03. The van der Waals surface area contributed by atoms with Gasteiger partial charge >= 0.3 is 0 Å². The fourth-order valence-electron chi connectivity index (χ4n) is 1.79. The van der Waals surface area contributed by atoms with Crippen LogP contribution in [0.25, 0.3) is 0 Å². The highest BCUT2D eigenvalue weighted by atomic mass is 16.3. The zero-order valence-electron chi connectivity index (χ0n) is 10.4. The van der Waals surface area contributed by atoms with Crippen LogP contribution in [0.2, 0.25) is 0 Å². The Balaban J connectivity index is 0.000000921. The summed E-state index contributed by atoms with van der Waals surface area (Å²) in [6.45, 7) is 9.90. The molecule has 15 heavy (non-hydrogen) atoms. The van der Waals surface area contributed by atoms with Gasteiger partial charge in [-0.15, -0.1) is 0 Å². The van der Waals surface area contributed by atoms with Crippen LogP contribution in [-0.4, -0.2) is 35.2 Å². The van der Waals surface area contributed by atoms with Gasteiger partial charge in [0.25, 0.3) is 0 Å². The van der Waals surface area contributed by atoms with Crippen LogP contribution in [0, 0.1) is 17.2 Å². The maximum absolute atomic E-state index is 9.70. The number of aliphatic hydroxyl groups excluding tert-OH is 1. The molecule has 1 aliphatic rings. The van der Waals surface area contributed by atoms with Gasteiger partial charge in [-0.2, -0.15) is 5.26 Å². The van der Waals surface area contributed by atoms with E-state index in [2.05, 4.69) is 24.8 Å². The smallest absolute Gasteiger partial charge is 0.0825 e. The SMILES string of the molecule is CC.CC(C)N1CCCC(C#N)C(O)C1. The van der Waals surface area contributed by atoms with Crippen molar-refractivity contribution in [2.45, 2.75) is 52.7 Å². The summed E-state index contributed by atoms with van der Waals surface area (Å²) in [4.78, 5) is 2.24. The molecular weight excluding hydrogens is 188 g/mol. The lowest BCUT2D eigenvalue weighted by Crippen LogP contribution is -2.37. The quantitative estimate of drug-likeness (QED) is 0.723. The van der Waals surface area contributed by atoms with Crippen molar-refractivity contribution in [3.05, 3.63) is 0 Å². The van der Waals surface area contributed by atoms with E-state index >= 15 is 0 Å². The third kappa shape index (κ3) is 4.63. The van der Waals surface area contributed by atoms with E-state index in [0.717, 1.165) is 19.4 Å². The minimum atomic E-state index is -0.463. The van der Waals surface area contributed by atoms with Crippen LogP contribution in [0.15, 0.2) is 0 Å². The molecule has 0 aromatic rings. The molecule has 3 heteroatoms. The summed E-state index contributed by atoms with van der Waals surface area (Å²) >= 11 is 0. The van der Waals surface area contributed by atoms with E-state index in [0.29, 0.717) is 12.6 Å². The summed E-state index contributed by atoms with van der Waals surface area (Å²) in [5.41, 5.74) is 0. The van der Waals surface area contributed by atoms with Gasteiger partial charge in [-0.1, -0.05) is 13.8 Å². The number of aliphatic hydroxyl groups is 1. The molecule has 0 radical (unpaired) electrons. The Morgan fingerprint density at radius 3 is 2.47 bits per heavy atom. The molecular formula is C12H24N2O. The highest BCUT2D eigenvalue weighted by molar-refractivity contribution is 4.92. The molecule has 0 aromatic carbocycles. The van der Waals surface area contributed by atoms with E-state index in [1.54, 1.807) is 0 Å². The first-order valence-corrected chi connectivity index (χ1v) is 5.97. The lowest BCUT2D eigenvalue weighted by atomic mass is 10.0. The summed E-state index contributed by atoms with van der Waals surface area (Å²) in [5, 5.41) is 18.5. The lowest BCUT2D eigenvalue weighted by molar-refractivity contribution is 0.0863. The van der Waals surface area contributed by atoms with Gasteiger partial charge in [-0.05, 0) is 33.2 Å². The van der Waals surface area contributed by atoms with Gasteiger partial charge in [0.1, 0.15) is 0 Å². The van der Waals surface area contributed by atoms with E-state index in [1.807, 2.05) is 13.8 Å². The van der Waals surface area contributed by atoms with Gasteiger partial charge in [-0.3, -0.25) is 4.90 Å². The molecule has 1 heterocycles. The van der Waals surface area contributed by atoms with Crippen LogP contribution in [0.3, 0.4) is 0 Å². The first-order chi connectivity index (χ1) is 7.15. The van der Waals surface area contributed by atoms with Crippen LogP contribution >= 0.6 is 0 Å². The summed E-state index contributed by atoms with van der Waals surface area (Å²) < 4.78 is 0. The van der Waals surface area contributed by atoms with Crippen LogP contribution in [0.5, 0.6) is 0 Å². The Morgan fingerprint density at radius 1 is 1.40 bits per heavy atom. The van der Waals surface area contributed by atoms with Gasteiger partial charge in [0.05, 0.1) is 18.1 Å². The zero-order valence-corrected chi connectivity index (χ0v) is 10.4. The largest absolute Gasteiger partial charge is 0.390 e. The van der Waals surface area contributed by atoms with Crippen molar-refractivity contribution < 1.29 is 5.11 Å². The van der Waals surface area contributed by atoms with Crippen LogP contribution < -0.4 is 0 Å². The van der Waals surface area contributed by atoms with E-state index in [1.165, 1.54) is 0 Å². The molecule has 2 unspecified atom stereocenters. The van der Waals surface area contributed by atoms with Crippen molar-refractivity contribution in [2.75, 3.05) is 13.1 Å². The Labute approximate surface area is 93.7 Å². The van der Waals surface area contributed by atoms with Crippen molar-refractivity contribution in [3.8, 4) is 6.07 Å². The molecule has 1 rings (SSSR count). The summed E-state index contributed by atoms with van der Waals surface area (Å²) in [6.07, 6.45) is 1.39. The van der Waals surface area contributed by atoms with Gasteiger partial charge in [0.2, 0.25) is 0 Å². The normalized spacial score (nSPS) is 27.5. The van der Waals surface area contributed by atoms with Crippen LogP contribution in [0.4, 0.5) is 0 Å². The fraction of sp³-hybridized carbons (Fsp3) is 0.917. The molecule has 3 nitrogen and oxygen atoms in total. The molecule has 0 saturated carbocycles. The molecule has 0 aliphatic carbocycles. The number of nitriles is 1. The highest BCUT2D eigenvalue weighted by Gasteiger charge is 2.25. The molecule has 88 valence electrons. The Bertz CT molecular complexity index is 198. The topological polar surface area (TPSA) is 47.3 Å². The van der Waals surface area contributed by atoms with Gasteiger partial charge in [0, 0.05) is 12.6 Å². The van der Waals surface area contributed by atoms with Gasteiger partial charge in [-0.25, -0.2) is 0 Å². The first kappa shape index (κ1) is 14.4. The van der Waals surface area contributed by atoms with Crippen LogP contribution in [-0.2, 0) is 0 Å². The molecule has 1 N–H and O–H groups in total. The molecule has 0 spiro atoms. The monoisotopic (exact) mass is 212 g/mol. The number of likely N-dealkylation sites (tertiary alicyclic amines) is 1. The summed E-state index contributed by atoms with van der Waals surface area (Å²) in [5.74, 6) is -0.163. The number of hydrogen-bond donors (Lipinski definition) is 1. The van der Waals surface area contributed by atoms with Gasteiger partial charge in [0.15, 0.2) is 0 Å². The average Bonchev–Trinajstić information content (AvgIpc) is 2.42. The number of β-amino-alcohol motifs (C(OH)–C–C–N with tert-alkyl or cyclic N) is 1. The van der Waals surface area contributed by atoms with E-state index < -0.39 is 6.10 Å². The molecule has 0 amide bonds. The van der Waals surface area contributed by atoms with Crippen LogP contribution in [0.1, 0.15) is 40.5 Å². The van der Waals surface area contributed by atoms with Crippen molar-refractivity contribution >= 4 is 0 Å². The maximum atomic E-state index is 9.70. The Hall–Kier alpha value is -0.590. The number of nitrogens with zero attached hydrogens (tertiary/aromatic N) is 2. The van der Waals surface area contributed by atoms with Crippen molar-refractivity contribution in [2.24, 2.45) is 5.92 Å². The molecule has 0 aromatic heterocycles. The van der Waals surface area contributed by atoms with Gasteiger partial charge < -0.3 is 5.11 Å². The van der Waals surface area contributed by atoms with Crippen molar-refractivity contribution in [1.82, 2.24) is 4.90 Å². The number of hydrogen-bond acceptors (Lipinski definition) is 3. The first-order valence-electron chi connectivity index (χ1n) is 5.97. The van der Waals surface area contributed by atoms with E-state index in [9.17, 15) is 5.11 Å².